The van der Waals surface area contributed by atoms with Crippen LogP contribution in [0.25, 0.3) is 0 Å². The number of rotatable bonds is 27. The van der Waals surface area contributed by atoms with E-state index in [1.807, 2.05) is 18.2 Å². The summed E-state index contributed by atoms with van der Waals surface area (Å²) in [7, 11) is 4.54. The van der Waals surface area contributed by atoms with Gasteiger partial charge in [0.15, 0.2) is 5.82 Å². The Bertz CT molecular complexity index is 1180. The molecule has 0 saturated carbocycles. The average Bonchev–Trinajstić information content (AvgIpc) is 3.21. The number of hydrogen-bond acceptors (Lipinski definition) is 7. The molecule has 0 atom stereocenters. The van der Waals surface area contributed by atoms with Crippen molar-refractivity contribution in [1.82, 2.24) is 20.1 Å². The van der Waals surface area contributed by atoms with E-state index in [2.05, 4.69) is 39.5 Å². The van der Waals surface area contributed by atoms with Crippen molar-refractivity contribution in [3.05, 3.63) is 48.2 Å². The zero-order valence-corrected chi connectivity index (χ0v) is 30.2. The topological polar surface area (TPSA) is 107 Å². The van der Waals surface area contributed by atoms with Gasteiger partial charge in [0.2, 0.25) is 5.91 Å². The number of benzene rings is 1. The third-order valence-corrected chi connectivity index (χ3v) is 9.35. The average molecular weight is 664 g/mol. The molecule has 0 aliphatic carbocycles. The molecule has 48 heavy (non-hydrogen) atoms. The summed E-state index contributed by atoms with van der Waals surface area (Å²) in [5, 5.41) is 6.44. The van der Waals surface area contributed by atoms with Crippen molar-refractivity contribution >= 4 is 29.0 Å². The Morgan fingerprint density at radius 1 is 0.729 bits per heavy atom. The second-order valence-corrected chi connectivity index (χ2v) is 13.6. The molecule has 1 aromatic carbocycles. The van der Waals surface area contributed by atoms with E-state index in [1.165, 1.54) is 116 Å². The maximum Gasteiger partial charge on any atom is 0.257 e. The van der Waals surface area contributed by atoms with E-state index in [-0.39, 0.29) is 11.8 Å². The zero-order chi connectivity index (χ0) is 34.2. The number of amides is 2. The van der Waals surface area contributed by atoms with Crippen molar-refractivity contribution in [2.24, 2.45) is 5.73 Å². The first-order valence-electron chi connectivity index (χ1n) is 19.0. The minimum absolute atomic E-state index is 0.0427. The number of pyridine rings is 1. The van der Waals surface area contributed by atoms with Gasteiger partial charge in [-0.15, -0.1) is 0 Å². The molecule has 0 spiro atoms. The van der Waals surface area contributed by atoms with Gasteiger partial charge in [-0.2, -0.15) is 0 Å². The quantitative estimate of drug-likeness (QED) is 0.0858. The number of para-hydroxylation sites is 1. The molecule has 0 saturated heterocycles. The van der Waals surface area contributed by atoms with Crippen LogP contribution in [0.5, 0.6) is 0 Å². The monoisotopic (exact) mass is 664 g/mol. The smallest absolute Gasteiger partial charge is 0.257 e. The molecule has 1 aliphatic rings. The highest BCUT2D eigenvalue weighted by Crippen LogP contribution is 2.36. The number of nitrogens with zero attached hydrogens (tertiary/aromatic N) is 4. The van der Waals surface area contributed by atoms with E-state index in [4.69, 9.17) is 5.73 Å². The molecule has 0 radical (unpaired) electrons. The number of unbranched alkanes of at least 4 members (excludes halogenated alkanes) is 12. The van der Waals surface area contributed by atoms with Crippen LogP contribution >= 0.6 is 0 Å². The third kappa shape index (κ3) is 15.1. The second kappa shape index (κ2) is 24.3. The lowest BCUT2D eigenvalue weighted by Gasteiger charge is -2.22. The van der Waals surface area contributed by atoms with Gasteiger partial charge < -0.3 is 26.2 Å². The van der Waals surface area contributed by atoms with Crippen LogP contribution in [0.1, 0.15) is 120 Å². The van der Waals surface area contributed by atoms with Crippen molar-refractivity contribution in [3.63, 3.8) is 0 Å². The lowest BCUT2D eigenvalue weighted by molar-refractivity contribution is -0.118. The summed E-state index contributed by atoms with van der Waals surface area (Å²) in [5.41, 5.74) is 7.19. The van der Waals surface area contributed by atoms with Crippen molar-refractivity contribution in [2.75, 3.05) is 70.1 Å². The highest BCUT2D eigenvalue weighted by Gasteiger charge is 2.29. The summed E-state index contributed by atoms with van der Waals surface area (Å²) in [5.74, 6) is 0.211. The van der Waals surface area contributed by atoms with E-state index < -0.39 is 0 Å². The van der Waals surface area contributed by atoms with E-state index in [1.54, 1.807) is 29.3 Å². The Balaban J connectivity index is 1.12. The van der Waals surface area contributed by atoms with Crippen LogP contribution in [0, 0.1) is 0 Å². The summed E-state index contributed by atoms with van der Waals surface area (Å²) in [4.78, 5) is 37.2. The molecule has 2 aromatic rings. The fourth-order valence-corrected chi connectivity index (χ4v) is 6.41. The Morgan fingerprint density at radius 2 is 1.27 bits per heavy atom. The predicted octanol–water partition coefficient (Wildman–Crippen LogP) is 7.36. The maximum absolute atomic E-state index is 13.4. The van der Waals surface area contributed by atoms with Crippen LogP contribution in [-0.4, -0.2) is 86.5 Å². The maximum atomic E-state index is 13.4. The molecule has 3 rings (SSSR count). The first-order chi connectivity index (χ1) is 23.5. The fraction of sp³-hybridized carbons (Fsp3) is 0.667. The van der Waals surface area contributed by atoms with Gasteiger partial charge in [-0.3, -0.25) is 14.5 Å². The molecule has 0 fully saturated rings. The van der Waals surface area contributed by atoms with Gasteiger partial charge in [0.05, 0.1) is 16.9 Å². The molecule has 268 valence electrons. The first-order valence-corrected chi connectivity index (χ1v) is 19.0. The van der Waals surface area contributed by atoms with Crippen molar-refractivity contribution in [3.8, 4) is 0 Å². The minimum atomic E-state index is -0.224. The highest BCUT2D eigenvalue weighted by atomic mass is 16.2. The second-order valence-electron chi connectivity index (χ2n) is 13.6. The molecule has 0 unspecified atom stereocenters. The lowest BCUT2D eigenvalue weighted by Crippen LogP contribution is -2.27. The standard InChI is InChI=1S/C39H65N7O2/c1-44(32-19-9-5-14-26-40)30-17-7-3-4-8-18-31-45(2)33-20-10-6-15-27-41-28-16-13-25-37(47)46-36-24-12-11-22-34(36)39(48)43-35-23-21-29-42-38(35)46/h11-12,21-24,29,41H,3-10,13-20,25-28,30-33,40H2,1-2H3,(H,43,48). The normalized spacial score (nSPS) is 12.7. The number of fused-ring (bicyclic) bond motifs is 2. The third-order valence-electron chi connectivity index (χ3n) is 9.35. The number of hydrogen-bond donors (Lipinski definition) is 3. The minimum Gasteiger partial charge on any atom is -0.330 e. The van der Waals surface area contributed by atoms with Crippen LogP contribution < -0.4 is 21.3 Å². The molecule has 9 heteroatoms. The number of carbonyl (C=O) groups is 2. The van der Waals surface area contributed by atoms with Crippen LogP contribution in [0.2, 0.25) is 0 Å². The van der Waals surface area contributed by atoms with Gasteiger partial charge in [-0.05, 0) is 136 Å². The zero-order valence-electron chi connectivity index (χ0n) is 30.2. The fourth-order valence-electron chi connectivity index (χ4n) is 6.41. The van der Waals surface area contributed by atoms with E-state index in [0.717, 1.165) is 32.5 Å². The van der Waals surface area contributed by atoms with Crippen LogP contribution in [0.3, 0.4) is 0 Å². The Hall–Kier alpha value is -2.85. The summed E-state index contributed by atoms with van der Waals surface area (Å²) in [6, 6.07) is 10.8. The molecular weight excluding hydrogens is 598 g/mol. The molecule has 2 amide bonds. The van der Waals surface area contributed by atoms with Gasteiger partial charge in [-0.1, -0.05) is 63.5 Å². The molecule has 0 bridgehead atoms. The molecular formula is C39H65N7O2. The first kappa shape index (κ1) is 39.6. The molecule has 4 N–H and O–H groups in total. The Kier molecular flexibility index (Phi) is 20.0. The van der Waals surface area contributed by atoms with Crippen LogP contribution in [-0.2, 0) is 4.79 Å². The van der Waals surface area contributed by atoms with Crippen LogP contribution in [0.15, 0.2) is 42.6 Å². The van der Waals surface area contributed by atoms with Gasteiger partial charge in [-0.25, -0.2) is 4.98 Å². The lowest BCUT2D eigenvalue weighted by atomic mass is 10.1. The Labute approximate surface area is 291 Å². The van der Waals surface area contributed by atoms with Gasteiger partial charge in [0.25, 0.3) is 5.91 Å². The number of nitrogens with one attached hydrogen (secondary N) is 2. The van der Waals surface area contributed by atoms with Gasteiger partial charge >= 0.3 is 0 Å². The van der Waals surface area contributed by atoms with E-state index in [0.29, 0.717) is 29.2 Å². The Morgan fingerprint density at radius 3 is 1.90 bits per heavy atom. The number of carbonyl (C=O) groups excluding carboxylic acids is 2. The SMILES string of the molecule is CN(CCCCCCN)CCCCCCCCN(C)CCCCCCNCCCCC(=O)N1c2ccccc2C(=O)Nc2cccnc21. The highest BCUT2D eigenvalue weighted by molar-refractivity contribution is 6.17. The predicted molar refractivity (Wildman–Crippen MR) is 201 cm³/mol. The number of anilines is 3. The summed E-state index contributed by atoms with van der Waals surface area (Å²) < 4.78 is 0. The largest absolute Gasteiger partial charge is 0.330 e. The number of nitrogens with two attached hydrogens (primary N) is 1. The van der Waals surface area contributed by atoms with Crippen molar-refractivity contribution < 1.29 is 9.59 Å². The van der Waals surface area contributed by atoms with E-state index in [9.17, 15) is 9.59 Å². The summed E-state index contributed by atoms with van der Waals surface area (Å²) in [6.45, 7) is 7.66. The summed E-state index contributed by atoms with van der Waals surface area (Å²) in [6.07, 6.45) is 22.0. The van der Waals surface area contributed by atoms with Gasteiger partial charge in [0.1, 0.15) is 0 Å². The summed E-state index contributed by atoms with van der Waals surface area (Å²) >= 11 is 0. The van der Waals surface area contributed by atoms with Crippen LogP contribution in [0.4, 0.5) is 17.2 Å². The molecule has 1 aliphatic heterocycles. The molecule has 9 nitrogen and oxygen atoms in total. The number of aromatic nitrogens is 1. The molecule has 1 aromatic heterocycles. The van der Waals surface area contributed by atoms with E-state index >= 15 is 0 Å². The molecule has 2 heterocycles. The van der Waals surface area contributed by atoms with Crippen molar-refractivity contribution in [1.29, 1.82) is 0 Å². The van der Waals surface area contributed by atoms with Gasteiger partial charge in [0, 0.05) is 12.6 Å². The van der Waals surface area contributed by atoms with Crippen molar-refractivity contribution in [2.45, 2.75) is 109 Å².